The Bertz CT molecular complexity index is 707. The number of aromatic nitrogens is 1. The van der Waals surface area contributed by atoms with Crippen LogP contribution in [0.1, 0.15) is 24.0 Å². The van der Waals surface area contributed by atoms with Crippen LogP contribution in [-0.4, -0.2) is 16.8 Å². The fraction of sp³-hybridized carbons (Fsp3) is 0.333. The van der Waals surface area contributed by atoms with Gasteiger partial charge in [0, 0.05) is 28.9 Å². The second kappa shape index (κ2) is 6.09. The number of aryl methyl sites for hydroxylation is 1. The van der Waals surface area contributed by atoms with Crippen LogP contribution in [0.25, 0.3) is 10.9 Å². The summed E-state index contributed by atoms with van der Waals surface area (Å²) in [5, 5.41) is 3.79. The number of nitrogens with one attached hydrogen (secondary N) is 2. The van der Waals surface area contributed by atoms with Gasteiger partial charge in [-0.15, -0.1) is 11.6 Å². The molecule has 0 saturated carbocycles. The Morgan fingerprint density at radius 3 is 2.75 bits per heavy atom. The highest BCUT2D eigenvalue weighted by atomic mass is 35.5. The maximum atomic E-state index is 11.8. The Labute approximate surface area is 122 Å². The number of carbonyl (C=O) groups is 1. The highest BCUT2D eigenvalue weighted by molar-refractivity contribution is 6.18. The molecule has 2 aromatic rings. The first kappa shape index (κ1) is 14.6. The molecule has 5 heteroatoms. The maximum Gasteiger partial charge on any atom is 0.251 e. The minimum absolute atomic E-state index is 0.0730. The normalized spacial score (nSPS) is 10.8. The molecule has 0 bridgehead atoms. The summed E-state index contributed by atoms with van der Waals surface area (Å²) in [5.74, 6) is 0.396. The van der Waals surface area contributed by atoms with Gasteiger partial charge in [-0.1, -0.05) is 6.07 Å². The molecule has 0 aliphatic carbocycles. The van der Waals surface area contributed by atoms with Gasteiger partial charge in [-0.25, -0.2) is 0 Å². The van der Waals surface area contributed by atoms with Gasteiger partial charge in [0.05, 0.1) is 5.52 Å². The van der Waals surface area contributed by atoms with E-state index < -0.39 is 0 Å². The summed E-state index contributed by atoms with van der Waals surface area (Å²) in [7, 11) is 0. The molecule has 0 atom stereocenters. The fourth-order valence-electron chi connectivity index (χ4n) is 2.09. The number of alkyl halides is 1. The number of carbonyl (C=O) groups excluding carboxylic acids is 1. The molecule has 1 aromatic carbocycles. The zero-order chi connectivity index (χ0) is 14.7. The van der Waals surface area contributed by atoms with Crippen LogP contribution in [0.5, 0.6) is 0 Å². The molecule has 0 unspecified atom stereocenters. The monoisotopic (exact) mass is 292 g/mol. The van der Waals surface area contributed by atoms with Gasteiger partial charge in [0.1, 0.15) is 0 Å². The minimum Gasteiger partial charge on any atom is -0.326 e. The number of anilines is 1. The van der Waals surface area contributed by atoms with E-state index in [9.17, 15) is 9.59 Å². The Morgan fingerprint density at radius 1 is 1.30 bits per heavy atom. The smallest absolute Gasteiger partial charge is 0.251 e. The first-order valence-electron chi connectivity index (χ1n) is 6.52. The van der Waals surface area contributed by atoms with Gasteiger partial charge in [-0.05, 0) is 38.0 Å². The zero-order valence-corrected chi connectivity index (χ0v) is 12.3. The number of pyridine rings is 1. The predicted molar refractivity (Wildman–Crippen MR) is 82.6 cm³/mol. The minimum atomic E-state index is -0.0967. The van der Waals surface area contributed by atoms with Crippen molar-refractivity contribution in [3.8, 4) is 0 Å². The first-order chi connectivity index (χ1) is 9.52. The molecule has 0 saturated heterocycles. The molecular weight excluding hydrogens is 276 g/mol. The number of hydrogen-bond donors (Lipinski definition) is 2. The Kier molecular flexibility index (Phi) is 4.45. The van der Waals surface area contributed by atoms with Crippen LogP contribution < -0.4 is 10.9 Å². The Morgan fingerprint density at radius 2 is 2.05 bits per heavy atom. The number of aromatic amines is 1. The van der Waals surface area contributed by atoms with Crippen LogP contribution in [0, 0.1) is 13.8 Å². The van der Waals surface area contributed by atoms with E-state index in [4.69, 9.17) is 11.6 Å². The van der Waals surface area contributed by atoms with Gasteiger partial charge < -0.3 is 10.3 Å². The number of rotatable bonds is 4. The van der Waals surface area contributed by atoms with Gasteiger partial charge in [0.2, 0.25) is 5.91 Å². The molecular formula is C15H17ClN2O2. The second-order valence-electron chi connectivity index (χ2n) is 4.81. The van der Waals surface area contributed by atoms with Crippen LogP contribution in [0.2, 0.25) is 0 Å². The molecule has 1 amide bonds. The number of hydrogen-bond acceptors (Lipinski definition) is 2. The number of fused-ring (bicyclic) bond motifs is 1. The van der Waals surface area contributed by atoms with Crippen molar-refractivity contribution < 1.29 is 4.79 Å². The Balaban J connectivity index is 2.32. The molecule has 0 fully saturated rings. The van der Waals surface area contributed by atoms with Crippen LogP contribution in [0.3, 0.4) is 0 Å². The van der Waals surface area contributed by atoms with Gasteiger partial charge >= 0.3 is 0 Å². The van der Waals surface area contributed by atoms with Crippen molar-refractivity contribution >= 4 is 34.1 Å². The number of amides is 1. The topological polar surface area (TPSA) is 62.0 Å². The quantitative estimate of drug-likeness (QED) is 0.851. The zero-order valence-electron chi connectivity index (χ0n) is 11.5. The van der Waals surface area contributed by atoms with Crippen LogP contribution in [0.4, 0.5) is 5.69 Å². The lowest BCUT2D eigenvalue weighted by molar-refractivity contribution is -0.116. The molecule has 0 spiro atoms. The largest absolute Gasteiger partial charge is 0.326 e. The molecule has 2 N–H and O–H groups in total. The molecule has 0 aliphatic heterocycles. The molecule has 0 radical (unpaired) electrons. The van der Waals surface area contributed by atoms with Crippen molar-refractivity contribution in [2.75, 3.05) is 11.2 Å². The van der Waals surface area contributed by atoms with Crippen LogP contribution >= 0.6 is 11.6 Å². The molecule has 2 rings (SSSR count). The summed E-state index contributed by atoms with van der Waals surface area (Å²) < 4.78 is 0. The molecule has 0 aliphatic rings. The second-order valence-corrected chi connectivity index (χ2v) is 5.18. The lowest BCUT2D eigenvalue weighted by Gasteiger charge is -2.09. The highest BCUT2D eigenvalue weighted by Crippen LogP contribution is 2.21. The van der Waals surface area contributed by atoms with E-state index in [1.807, 2.05) is 19.1 Å². The lowest BCUT2D eigenvalue weighted by atomic mass is 10.1. The molecule has 20 heavy (non-hydrogen) atoms. The third-order valence-corrected chi connectivity index (χ3v) is 3.66. The van der Waals surface area contributed by atoms with Crippen molar-refractivity contribution in [2.45, 2.75) is 26.7 Å². The van der Waals surface area contributed by atoms with Gasteiger partial charge in [-0.2, -0.15) is 0 Å². The standard InChI is InChI=1S/C15H17ClN2O2/c1-9-10(2)15(20)18-13-8-11(5-6-12(9)13)17-14(19)4-3-7-16/h5-6,8H,3-4,7H2,1-2H3,(H,17,19)(H,18,20). The number of H-pyrrole nitrogens is 1. The summed E-state index contributed by atoms with van der Waals surface area (Å²) in [6.07, 6.45) is 1.04. The van der Waals surface area contributed by atoms with E-state index in [0.29, 0.717) is 24.4 Å². The highest BCUT2D eigenvalue weighted by Gasteiger charge is 2.07. The van der Waals surface area contributed by atoms with Crippen molar-refractivity contribution in [1.82, 2.24) is 4.98 Å². The van der Waals surface area contributed by atoms with E-state index in [2.05, 4.69) is 10.3 Å². The summed E-state index contributed by atoms with van der Waals surface area (Å²) in [4.78, 5) is 26.3. The van der Waals surface area contributed by atoms with E-state index in [0.717, 1.165) is 22.0 Å². The number of benzene rings is 1. The number of halogens is 1. The predicted octanol–water partition coefficient (Wildman–Crippen LogP) is 3.10. The molecule has 106 valence electrons. The van der Waals surface area contributed by atoms with E-state index in [-0.39, 0.29) is 11.5 Å². The summed E-state index contributed by atoms with van der Waals surface area (Å²) in [6, 6.07) is 5.53. The summed E-state index contributed by atoms with van der Waals surface area (Å²) in [5.41, 5.74) is 2.99. The third kappa shape index (κ3) is 3.02. The van der Waals surface area contributed by atoms with Crippen molar-refractivity contribution in [3.63, 3.8) is 0 Å². The van der Waals surface area contributed by atoms with Crippen molar-refractivity contribution in [2.24, 2.45) is 0 Å². The van der Waals surface area contributed by atoms with Crippen LogP contribution in [-0.2, 0) is 4.79 Å². The van der Waals surface area contributed by atoms with E-state index >= 15 is 0 Å². The van der Waals surface area contributed by atoms with Crippen molar-refractivity contribution in [1.29, 1.82) is 0 Å². The third-order valence-electron chi connectivity index (χ3n) is 3.40. The maximum absolute atomic E-state index is 11.8. The Hall–Kier alpha value is -1.81. The van der Waals surface area contributed by atoms with Gasteiger partial charge in [-0.3, -0.25) is 9.59 Å². The van der Waals surface area contributed by atoms with E-state index in [1.165, 1.54) is 0 Å². The van der Waals surface area contributed by atoms with Gasteiger partial charge in [0.25, 0.3) is 5.56 Å². The van der Waals surface area contributed by atoms with Crippen molar-refractivity contribution in [3.05, 3.63) is 39.7 Å². The summed E-state index contributed by atoms with van der Waals surface area (Å²) in [6.45, 7) is 3.72. The average molecular weight is 293 g/mol. The first-order valence-corrected chi connectivity index (χ1v) is 7.05. The molecule has 1 heterocycles. The van der Waals surface area contributed by atoms with E-state index in [1.54, 1.807) is 13.0 Å². The fourth-order valence-corrected chi connectivity index (χ4v) is 2.23. The summed E-state index contributed by atoms with van der Waals surface area (Å²) >= 11 is 5.56. The molecule has 1 aromatic heterocycles. The lowest BCUT2D eigenvalue weighted by Crippen LogP contribution is -2.13. The molecule has 4 nitrogen and oxygen atoms in total. The SMILES string of the molecule is Cc1c(C)c2ccc(NC(=O)CCCCl)cc2[nH]c1=O. The average Bonchev–Trinajstić information content (AvgIpc) is 2.42. The van der Waals surface area contributed by atoms with Gasteiger partial charge in [0.15, 0.2) is 0 Å². The van der Waals surface area contributed by atoms with Crippen LogP contribution in [0.15, 0.2) is 23.0 Å².